The summed E-state index contributed by atoms with van der Waals surface area (Å²) < 4.78 is 15.0. The largest absolute Gasteiger partial charge is 0.508 e. The second-order valence-electron chi connectivity index (χ2n) is 11.4. The van der Waals surface area contributed by atoms with Crippen LogP contribution >= 0.6 is 0 Å². The third kappa shape index (κ3) is 6.07. The summed E-state index contributed by atoms with van der Waals surface area (Å²) >= 11 is 0. The predicted octanol–water partition coefficient (Wildman–Crippen LogP) is 4.24. The number of halogens is 1. The van der Waals surface area contributed by atoms with E-state index < -0.39 is 35.6 Å². The minimum atomic E-state index is -0.815. The van der Waals surface area contributed by atoms with Crippen molar-refractivity contribution in [2.45, 2.75) is 38.3 Å². The summed E-state index contributed by atoms with van der Waals surface area (Å²) in [4.78, 5) is 45.1. The number of likely N-dealkylation sites (tertiary alicyclic amines) is 2. The fourth-order valence-electron chi connectivity index (χ4n) is 6.70. The first-order valence-corrected chi connectivity index (χ1v) is 14.3. The van der Waals surface area contributed by atoms with Crippen LogP contribution in [0.25, 0.3) is 0 Å². The number of phenolic OH excluding ortho intramolecular Hbond substituents is 2. The molecule has 2 aliphatic rings. The van der Waals surface area contributed by atoms with Gasteiger partial charge in [0.05, 0.1) is 12.6 Å². The molecule has 3 aromatic rings. The molecule has 0 saturated carbocycles. The van der Waals surface area contributed by atoms with Gasteiger partial charge in [-0.15, -0.1) is 0 Å². The van der Waals surface area contributed by atoms with E-state index in [1.54, 1.807) is 43.3 Å². The van der Waals surface area contributed by atoms with Crippen molar-refractivity contribution < 1.29 is 29.0 Å². The molecule has 4 atom stereocenters. The number of benzene rings is 3. The molecule has 8 nitrogen and oxygen atoms in total. The SMILES string of the molecule is Cc1c(F)cccc1C1[C@@H](C(=O)c2cccc(O)c2)CN(C(CC(N)=O)N2CCCC2)C[C@H]1C(=O)c1cccc(O)c1. The highest BCUT2D eigenvalue weighted by atomic mass is 19.1. The van der Waals surface area contributed by atoms with Crippen molar-refractivity contribution in [2.75, 3.05) is 26.2 Å². The lowest BCUT2D eigenvalue weighted by Gasteiger charge is -2.48. The van der Waals surface area contributed by atoms with Gasteiger partial charge >= 0.3 is 0 Å². The Bertz CT molecular complexity index is 1420. The molecule has 2 aliphatic heterocycles. The average molecular weight is 574 g/mol. The third-order valence-electron chi connectivity index (χ3n) is 8.70. The summed E-state index contributed by atoms with van der Waals surface area (Å²) in [6.45, 7) is 3.57. The highest BCUT2D eigenvalue weighted by Gasteiger charge is 2.48. The van der Waals surface area contributed by atoms with Crippen molar-refractivity contribution in [1.82, 2.24) is 9.80 Å². The van der Waals surface area contributed by atoms with Crippen LogP contribution in [0.1, 0.15) is 57.0 Å². The molecule has 4 N–H and O–H groups in total. The van der Waals surface area contributed by atoms with Gasteiger partial charge in [0.25, 0.3) is 0 Å². The lowest BCUT2D eigenvalue weighted by Crippen LogP contribution is -2.58. The molecule has 2 unspecified atom stereocenters. The number of primary amides is 1. The molecule has 42 heavy (non-hydrogen) atoms. The number of carbonyl (C=O) groups excluding carboxylic acids is 3. The predicted molar refractivity (Wildman–Crippen MR) is 156 cm³/mol. The highest BCUT2D eigenvalue weighted by Crippen LogP contribution is 2.43. The molecule has 220 valence electrons. The van der Waals surface area contributed by atoms with E-state index in [0.717, 1.165) is 25.9 Å². The van der Waals surface area contributed by atoms with E-state index in [2.05, 4.69) is 4.90 Å². The number of nitrogens with zero attached hydrogens (tertiary/aromatic N) is 2. The Labute approximate surface area is 244 Å². The molecule has 0 radical (unpaired) electrons. The molecule has 0 aromatic heterocycles. The Hall–Kier alpha value is -4.08. The molecule has 0 aliphatic carbocycles. The Kier molecular flexibility index (Phi) is 8.70. The van der Waals surface area contributed by atoms with Crippen molar-refractivity contribution in [3.63, 3.8) is 0 Å². The maximum atomic E-state index is 15.0. The second kappa shape index (κ2) is 12.4. The Morgan fingerprint density at radius 2 is 1.38 bits per heavy atom. The number of nitrogens with two attached hydrogens (primary N) is 1. The Morgan fingerprint density at radius 3 is 1.88 bits per heavy atom. The van der Waals surface area contributed by atoms with Crippen LogP contribution in [0.2, 0.25) is 0 Å². The van der Waals surface area contributed by atoms with Gasteiger partial charge in [0.2, 0.25) is 5.91 Å². The van der Waals surface area contributed by atoms with E-state index in [4.69, 9.17) is 5.73 Å². The molecule has 3 aromatic carbocycles. The van der Waals surface area contributed by atoms with Crippen molar-refractivity contribution in [2.24, 2.45) is 17.6 Å². The number of rotatable bonds is 9. The molecule has 2 saturated heterocycles. The van der Waals surface area contributed by atoms with E-state index in [1.165, 1.54) is 30.3 Å². The number of hydrogen-bond acceptors (Lipinski definition) is 7. The minimum Gasteiger partial charge on any atom is -0.508 e. The molecule has 0 bridgehead atoms. The quantitative estimate of drug-likeness (QED) is 0.327. The van der Waals surface area contributed by atoms with Crippen LogP contribution in [-0.2, 0) is 4.79 Å². The van der Waals surface area contributed by atoms with Gasteiger partial charge in [-0.1, -0.05) is 36.4 Å². The number of aromatic hydroxyl groups is 2. The average Bonchev–Trinajstić information content (AvgIpc) is 3.51. The van der Waals surface area contributed by atoms with E-state index in [-0.39, 0.29) is 53.7 Å². The molecule has 1 amide bonds. The standard InChI is InChI=1S/C33H36FN3O5/c1-20-25(11-6-12-28(20)34)31-26(32(41)21-7-4-9-23(38)15-21)18-37(30(17-29(35)40)36-13-2-3-14-36)19-27(31)33(42)22-8-5-10-24(39)16-22/h4-12,15-16,26-27,30-31,38-39H,2-3,13-14,17-19H2,1H3,(H2,35,40)/t26-,27+,30?,31?. The summed E-state index contributed by atoms with van der Waals surface area (Å²) in [6, 6.07) is 16.8. The fourth-order valence-corrected chi connectivity index (χ4v) is 6.70. The number of ketones is 2. The van der Waals surface area contributed by atoms with Crippen LogP contribution in [0.5, 0.6) is 11.5 Å². The number of hydrogen-bond donors (Lipinski definition) is 3. The molecule has 2 heterocycles. The van der Waals surface area contributed by atoms with E-state index in [1.807, 2.05) is 4.90 Å². The maximum Gasteiger partial charge on any atom is 0.220 e. The highest BCUT2D eigenvalue weighted by molar-refractivity contribution is 6.02. The summed E-state index contributed by atoms with van der Waals surface area (Å²) in [5.41, 5.74) is 7.16. The fraction of sp³-hybridized carbons (Fsp3) is 0.364. The first kappa shape index (κ1) is 29.4. The zero-order chi connectivity index (χ0) is 30.0. The molecule has 0 spiro atoms. The monoisotopic (exact) mass is 573 g/mol. The molecular formula is C33H36FN3O5. The number of amides is 1. The third-order valence-corrected chi connectivity index (χ3v) is 8.70. The molecule has 2 fully saturated rings. The number of carbonyl (C=O) groups is 3. The van der Waals surface area contributed by atoms with Gasteiger partial charge in [0.1, 0.15) is 17.3 Å². The minimum absolute atomic E-state index is 0.0315. The first-order chi connectivity index (χ1) is 20.1. The number of Topliss-reactive ketones (excluding diaryl/α,β-unsaturated/α-hetero) is 2. The second-order valence-corrected chi connectivity index (χ2v) is 11.4. The summed E-state index contributed by atoms with van der Waals surface area (Å²) in [5.74, 6) is -3.99. The van der Waals surface area contributed by atoms with Crippen LogP contribution in [0.15, 0.2) is 66.7 Å². The normalized spacial score (nSPS) is 22.1. The Morgan fingerprint density at radius 1 is 0.857 bits per heavy atom. The van der Waals surface area contributed by atoms with Crippen LogP contribution in [-0.4, -0.2) is 69.8 Å². The summed E-state index contributed by atoms with van der Waals surface area (Å²) in [5, 5.41) is 20.3. The topological polar surface area (TPSA) is 124 Å². The van der Waals surface area contributed by atoms with Crippen molar-refractivity contribution in [3.05, 3.63) is 94.8 Å². The van der Waals surface area contributed by atoms with Gasteiger partial charge in [0, 0.05) is 42.0 Å². The van der Waals surface area contributed by atoms with Crippen molar-refractivity contribution in [3.8, 4) is 11.5 Å². The summed E-state index contributed by atoms with van der Waals surface area (Å²) in [6.07, 6.45) is 1.54. The van der Waals surface area contributed by atoms with Gasteiger partial charge in [0.15, 0.2) is 11.6 Å². The molecule has 5 rings (SSSR count). The van der Waals surface area contributed by atoms with E-state index in [0.29, 0.717) is 11.1 Å². The number of phenols is 2. The van der Waals surface area contributed by atoms with Gasteiger partial charge in [-0.25, -0.2) is 4.39 Å². The smallest absolute Gasteiger partial charge is 0.220 e. The Balaban J connectivity index is 1.67. The van der Waals surface area contributed by atoms with Gasteiger partial charge < -0.3 is 15.9 Å². The zero-order valence-corrected chi connectivity index (χ0v) is 23.6. The lowest BCUT2D eigenvalue weighted by atomic mass is 9.67. The van der Waals surface area contributed by atoms with Gasteiger partial charge in [-0.3, -0.25) is 24.2 Å². The molecule has 9 heteroatoms. The van der Waals surface area contributed by atoms with Crippen molar-refractivity contribution >= 4 is 17.5 Å². The van der Waals surface area contributed by atoms with Gasteiger partial charge in [-0.05, 0) is 74.3 Å². The summed E-state index contributed by atoms with van der Waals surface area (Å²) in [7, 11) is 0. The zero-order valence-electron chi connectivity index (χ0n) is 23.6. The van der Waals surface area contributed by atoms with E-state index in [9.17, 15) is 29.0 Å². The van der Waals surface area contributed by atoms with Crippen LogP contribution < -0.4 is 5.73 Å². The van der Waals surface area contributed by atoms with E-state index >= 15 is 0 Å². The number of piperidine rings is 1. The first-order valence-electron chi connectivity index (χ1n) is 14.3. The van der Waals surface area contributed by atoms with Crippen molar-refractivity contribution in [1.29, 1.82) is 0 Å². The lowest BCUT2D eigenvalue weighted by molar-refractivity contribution is -0.121. The van der Waals surface area contributed by atoms with Crippen LogP contribution in [0, 0.1) is 24.6 Å². The van der Waals surface area contributed by atoms with Gasteiger partial charge in [-0.2, -0.15) is 0 Å². The van der Waals surface area contributed by atoms with Crippen LogP contribution in [0.4, 0.5) is 4.39 Å². The molecular weight excluding hydrogens is 537 g/mol. The maximum absolute atomic E-state index is 15.0. The van der Waals surface area contributed by atoms with Crippen LogP contribution in [0.3, 0.4) is 0 Å².